The Labute approximate surface area is 204 Å². The standard InChI is InChI=1S/C27H28ClN5O/c1-17-5-4-8-20(22(17)28)25-31-21(16-34)23-26(30-11-14-33(23)25)32-12-9-27(10-13-32)15-18-6-2-3-7-19(18)24(27)29/h2-8,11,14,24,34H,9-10,12-13,15-16,29H2,1H3/t24-/m1/s1. The molecule has 1 spiro atoms. The molecular formula is C27H28ClN5O. The predicted octanol–water partition coefficient (Wildman–Crippen LogP) is 4.69. The molecule has 2 aromatic heterocycles. The SMILES string of the molecule is Cc1cccc(-c2nc(CO)c3c(N4CCC5(CC4)Cc4ccccc4[C@H]5N)nccn23)c1Cl. The van der Waals surface area contributed by atoms with Gasteiger partial charge >= 0.3 is 0 Å². The molecule has 4 aromatic rings. The Balaban J connectivity index is 1.36. The van der Waals surface area contributed by atoms with Gasteiger partial charge in [-0.05, 0) is 54.4 Å². The van der Waals surface area contributed by atoms with Gasteiger partial charge < -0.3 is 15.7 Å². The van der Waals surface area contributed by atoms with Gasteiger partial charge in [0.05, 0.1) is 17.3 Å². The lowest BCUT2D eigenvalue weighted by atomic mass is 9.73. The van der Waals surface area contributed by atoms with Crippen molar-refractivity contribution >= 4 is 22.9 Å². The number of nitrogens with zero attached hydrogens (tertiary/aromatic N) is 4. The van der Waals surface area contributed by atoms with Gasteiger partial charge in [0.2, 0.25) is 0 Å². The molecule has 3 N–H and O–H groups in total. The highest BCUT2D eigenvalue weighted by atomic mass is 35.5. The Hall–Kier alpha value is -2.93. The highest BCUT2D eigenvalue weighted by molar-refractivity contribution is 6.34. The molecule has 1 saturated heterocycles. The zero-order valence-electron chi connectivity index (χ0n) is 19.2. The maximum Gasteiger partial charge on any atom is 0.154 e. The van der Waals surface area contributed by atoms with E-state index >= 15 is 0 Å². The minimum atomic E-state index is -0.163. The summed E-state index contributed by atoms with van der Waals surface area (Å²) in [7, 11) is 0. The maximum absolute atomic E-state index is 10.2. The second kappa shape index (κ2) is 8.08. The fraction of sp³-hybridized carbons (Fsp3) is 0.333. The summed E-state index contributed by atoms with van der Waals surface area (Å²) in [6.45, 7) is 3.55. The van der Waals surface area contributed by atoms with Crippen LogP contribution in [0, 0.1) is 12.3 Å². The lowest BCUT2D eigenvalue weighted by molar-refractivity contribution is 0.187. The van der Waals surface area contributed by atoms with Gasteiger partial charge in [-0.2, -0.15) is 0 Å². The van der Waals surface area contributed by atoms with Crippen LogP contribution in [0.4, 0.5) is 5.82 Å². The summed E-state index contributed by atoms with van der Waals surface area (Å²) in [5.74, 6) is 1.58. The number of rotatable bonds is 3. The number of imidazole rings is 1. The van der Waals surface area contributed by atoms with Crippen molar-refractivity contribution in [1.29, 1.82) is 0 Å². The van der Waals surface area contributed by atoms with E-state index < -0.39 is 0 Å². The lowest BCUT2D eigenvalue weighted by Gasteiger charge is -2.42. The fourth-order valence-corrected chi connectivity index (χ4v) is 6.12. The van der Waals surface area contributed by atoms with Crippen LogP contribution >= 0.6 is 11.6 Å². The van der Waals surface area contributed by atoms with Crippen molar-refractivity contribution in [3.05, 3.63) is 82.3 Å². The van der Waals surface area contributed by atoms with Crippen LogP contribution in [-0.2, 0) is 13.0 Å². The average Bonchev–Trinajstić information content (AvgIpc) is 3.37. The minimum Gasteiger partial charge on any atom is -0.390 e. The highest BCUT2D eigenvalue weighted by Gasteiger charge is 2.46. The van der Waals surface area contributed by atoms with Crippen molar-refractivity contribution in [2.45, 2.75) is 38.8 Å². The summed E-state index contributed by atoms with van der Waals surface area (Å²) >= 11 is 6.64. The number of aryl methyl sites for hydroxylation is 1. The molecule has 1 fully saturated rings. The molecule has 6 nitrogen and oxygen atoms in total. The topological polar surface area (TPSA) is 79.7 Å². The second-order valence-electron chi connectivity index (χ2n) is 9.65. The van der Waals surface area contributed by atoms with Gasteiger partial charge in [-0.3, -0.25) is 4.40 Å². The molecule has 2 aromatic carbocycles. The fourth-order valence-electron chi connectivity index (χ4n) is 5.91. The van der Waals surface area contributed by atoms with Crippen molar-refractivity contribution in [2.75, 3.05) is 18.0 Å². The largest absolute Gasteiger partial charge is 0.390 e. The highest BCUT2D eigenvalue weighted by Crippen LogP contribution is 2.51. The third-order valence-electron chi connectivity index (χ3n) is 7.84. The van der Waals surface area contributed by atoms with Crippen LogP contribution in [-0.4, -0.2) is 32.6 Å². The van der Waals surface area contributed by atoms with E-state index in [2.05, 4.69) is 29.2 Å². The molecule has 0 unspecified atom stereocenters. The van der Waals surface area contributed by atoms with Gasteiger partial charge in [0.15, 0.2) is 5.82 Å². The van der Waals surface area contributed by atoms with E-state index in [1.165, 1.54) is 11.1 Å². The molecule has 174 valence electrons. The van der Waals surface area contributed by atoms with Crippen molar-refractivity contribution in [3.8, 4) is 11.4 Å². The number of benzene rings is 2. The van der Waals surface area contributed by atoms with Gasteiger partial charge in [0, 0.05) is 37.1 Å². The van der Waals surface area contributed by atoms with Crippen LogP contribution in [0.1, 0.15) is 41.3 Å². The van der Waals surface area contributed by atoms with Crippen molar-refractivity contribution < 1.29 is 5.11 Å². The summed E-state index contributed by atoms with van der Waals surface area (Å²) in [4.78, 5) is 11.9. The van der Waals surface area contributed by atoms with Crippen molar-refractivity contribution in [3.63, 3.8) is 0 Å². The summed E-state index contributed by atoms with van der Waals surface area (Å²) in [5, 5.41) is 10.8. The van der Waals surface area contributed by atoms with E-state index in [0.717, 1.165) is 60.6 Å². The summed E-state index contributed by atoms with van der Waals surface area (Å²) in [6, 6.07) is 14.6. The van der Waals surface area contributed by atoms with E-state index in [-0.39, 0.29) is 18.1 Å². The van der Waals surface area contributed by atoms with Crippen LogP contribution in [0.15, 0.2) is 54.9 Å². The van der Waals surface area contributed by atoms with Gasteiger partial charge in [-0.15, -0.1) is 0 Å². The molecule has 3 heterocycles. The number of fused-ring (bicyclic) bond motifs is 2. The van der Waals surface area contributed by atoms with Crippen molar-refractivity contribution in [2.24, 2.45) is 11.1 Å². The molecule has 2 aliphatic rings. The molecule has 0 saturated carbocycles. The first-order valence-electron chi connectivity index (χ1n) is 11.8. The second-order valence-corrected chi connectivity index (χ2v) is 10.0. The number of piperidine rings is 1. The zero-order valence-corrected chi connectivity index (χ0v) is 20.0. The molecule has 34 heavy (non-hydrogen) atoms. The van der Waals surface area contributed by atoms with E-state index in [0.29, 0.717) is 10.7 Å². The average molecular weight is 474 g/mol. The van der Waals surface area contributed by atoms with Crippen LogP contribution in [0.25, 0.3) is 16.9 Å². The Morgan fingerprint density at radius 1 is 1.15 bits per heavy atom. The maximum atomic E-state index is 10.2. The predicted molar refractivity (Wildman–Crippen MR) is 135 cm³/mol. The van der Waals surface area contributed by atoms with Crippen LogP contribution in [0.5, 0.6) is 0 Å². The molecule has 0 amide bonds. The third-order valence-corrected chi connectivity index (χ3v) is 8.34. The number of anilines is 1. The van der Waals surface area contributed by atoms with E-state index in [9.17, 15) is 5.11 Å². The number of halogens is 1. The first-order chi connectivity index (χ1) is 16.5. The first kappa shape index (κ1) is 21.6. The molecule has 1 aliphatic heterocycles. The monoisotopic (exact) mass is 473 g/mol. The minimum absolute atomic E-state index is 0.0765. The summed E-state index contributed by atoms with van der Waals surface area (Å²) < 4.78 is 2.01. The molecule has 1 aliphatic carbocycles. The molecule has 1 atom stereocenters. The molecule has 0 bridgehead atoms. The first-order valence-corrected chi connectivity index (χ1v) is 12.2. The Morgan fingerprint density at radius 3 is 2.71 bits per heavy atom. The lowest BCUT2D eigenvalue weighted by Crippen LogP contribution is -2.44. The number of aliphatic hydroxyl groups excluding tert-OH is 1. The van der Waals surface area contributed by atoms with Gasteiger partial charge in [-0.25, -0.2) is 9.97 Å². The molecule has 6 rings (SSSR count). The molecule has 7 heteroatoms. The number of aliphatic hydroxyl groups is 1. The number of hydrogen-bond donors (Lipinski definition) is 2. The number of nitrogens with two attached hydrogens (primary N) is 1. The smallest absolute Gasteiger partial charge is 0.154 e. The molecule has 0 radical (unpaired) electrons. The zero-order chi connectivity index (χ0) is 23.4. The normalized spacial score (nSPS) is 19.2. The summed E-state index contributed by atoms with van der Waals surface area (Å²) in [5.41, 5.74) is 12.9. The summed E-state index contributed by atoms with van der Waals surface area (Å²) in [6.07, 6.45) is 6.75. The Bertz CT molecular complexity index is 1390. The van der Waals surface area contributed by atoms with E-state index in [1.54, 1.807) is 6.20 Å². The van der Waals surface area contributed by atoms with Gasteiger partial charge in [0.1, 0.15) is 11.3 Å². The van der Waals surface area contributed by atoms with E-state index in [4.69, 9.17) is 27.3 Å². The van der Waals surface area contributed by atoms with Crippen LogP contribution < -0.4 is 10.6 Å². The third kappa shape index (κ3) is 3.17. The Kier molecular flexibility index (Phi) is 5.13. The van der Waals surface area contributed by atoms with Crippen LogP contribution in [0.2, 0.25) is 5.02 Å². The van der Waals surface area contributed by atoms with Crippen LogP contribution in [0.3, 0.4) is 0 Å². The van der Waals surface area contributed by atoms with Gasteiger partial charge in [0.25, 0.3) is 0 Å². The van der Waals surface area contributed by atoms with Crippen molar-refractivity contribution in [1.82, 2.24) is 14.4 Å². The number of aromatic nitrogens is 3. The Morgan fingerprint density at radius 2 is 1.94 bits per heavy atom. The molecular weight excluding hydrogens is 446 g/mol. The van der Waals surface area contributed by atoms with Gasteiger partial charge in [-0.1, -0.05) is 48.0 Å². The number of hydrogen-bond acceptors (Lipinski definition) is 5. The van der Waals surface area contributed by atoms with E-state index in [1.807, 2.05) is 35.7 Å². The quantitative estimate of drug-likeness (QED) is 0.451.